The van der Waals surface area contributed by atoms with Crippen LogP contribution in [0.5, 0.6) is 0 Å². The van der Waals surface area contributed by atoms with Gasteiger partial charge in [-0.1, -0.05) is 84.0 Å². The molecule has 0 aliphatic carbocycles. The molecule has 0 radical (unpaired) electrons. The van der Waals surface area contributed by atoms with E-state index in [0.717, 1.165) is 13.1 Å². The minimum absolute atomic E-state index is 0. The van der Waals surface area contributed by atoms with Crippen LogP contribution in [0, 0.1) is 0 Å². The number of quaternary nitrogens is 1. The van der Waals surface area contributed by atoms with Crippen molar-refractivity contribution < 1.29 is 17.3 Å². The van der Waals surface area contributed by atoms with Crippen LogP contribution in [-0.4, -0.2) is 19.4 Å². The fraction of sp³-hybridized carbons (Fsp3) is 0.850. The van der Waals surface area contributed by atoms with E-state index in [1.54, 1.807) is 0 Å². The Hall–Kier alpha value is -0.340. The van der Waals surface area contributed by atoms with Crippen molar-refractivity contribution in [2.45, 2.75) is 96.8 Å². The van der Waals surface area contributed by atoms with Crippen LogP contribution in [-0.2, 0) is 0 Å². The van der Waals surface area contributed by atoms with Gasteiger partial charge in [-0.3, -0.25) is 4.90 Å². The number of halogens is 1. The third-order valence-electron chi connectivity index (χ3n) is 4.59. The van der Waals surface area contributed by atoms with Gasteiger partial charge >= 0.3 is 0 Å². The minimum Gasteiger partial charge on any atom is -1.00 e. The van der Waals surface area contributed by atoms with Gasteiger partial charge in [0.1, 0.15) is 6.54 Å². The normalized spacial score (nSPS) is 17.0. The van der Waals surface area contributed by atoms with Gasteiger partial charge in [0.25, 0.3) is 0 Å². The monoisotopic (exact) mass is 342 g/mol. The lowest BCUT2D eigenvalue weighted by molar-refractivity contribution is -0.730. The first-order valence-corrected chi connectivity index (χ1v) is 9.95. The lowest BCUT2D eigenvalue weighted by atomic mass is 10.0. The van der Waals surface area contributed by atoms with Crippen LogP contribution < -0.4 is 17.3 Å². The Morgan fingerprint density at radius 2 is 1.35 bits per heavy atom. The van der Waals surface area contributed by atoms with Crippen molar-refractivity contribution in [2.24, 2.45) is 4.99 Å². The number of aliphatic imine (C=N–C) groups is 1. The van der Waals surface area contributed by atoms with Gasteiger partial charge in [0.2, 0.25) is 0 Å². The van der Waals surface area contributed by atoms with Crippen molar-refractivity contribution in [1.82, 2.24) is 0 Å². The summed E-state index contributed by atoms with van der Waals surface area (Å²) in [5.74, 6) is 0. The van der Waals surface area contributed by atoms with Crippen LogP contribution >= 0.6 is 0 Å². The molecule has 1 heterocycles. The lowest BCUT2D eigenvalue weighted by Crippen LogP contribution is -3.05. The van der Waals surface area contributed by atoms with Gasteiger partial charge in [0, 0.05) is 0 Å². The maximum absolute atomic E-state index is 4.24. The number of unbranched alkanes of at least 4 members (excludes halogenated alkanes) is 13. The highest BCUT2D eigenvalue weighted by Gasteiger charge is 2.05. The number of allylic oxidation sites excluding steroid dienone is 1. The summed E-state index contributed by atoms with van der Waals surface area (Å²) < 4.78 is 0. The molecule has 0 spiro atoms. The van der Waals surface area contributed by atoms with E-state index in [4.69, 9.17) is 0 Å². The van der Waals surface area contributed by atoms with Gasteiger partial charge in [0.15, 0.2) is 6.34 Å². The van der Waals surface area contributed by atoms with E-state index in [-0.39, 0.29) is 12.4 Å². The molecule has 1 aliphatic heterocycles. The summed E-state index contributed by atoms with van der Waals surface area (Å²) in [6.07, 6.45) is 26.6. The van der Waals surface area contributed by atoms with Crippen LogP contribution in [0.2, 0.25) is 0 Å². The summed E-state index contributed by atoms with van der Waals surface area (Å²) >= 11 is 0. The van der Waals surface area contributed by atoms with E-state index in [0.29, 0.717) is 0 Å². The largest absolute Gasteiger partial charge is 1.00 e. The molecule has 1 atom stereocenters. The standard InChI is InChI=1S/C20H38N2.ClH/c1-2-3-4-5-6-7-8-9-10-11-12-13-14-15-16-18-22-19-17-21-20-22;/h16,18,20H,2-15,17,19H2,1H3;1H. The highest BCUT2D eigenvalue weighted by molar-refractivity contribution is 5.45. The molecule has 0 saturated carbocycles. The highest BCUT2D eigenvalue weighted by Crippen LogP contribution is 2.12. The zero-order valence-electron chi connectivity index (χ0n) is 15.4. The predicted octanol–water partition coefficient (Wildman–Crippen LogP) is 1.91. The second kappa shape index (κ2) is 18.0. The van der Waals surface area contributed by atoms with Crippen LogP contribution in [0.4, 0.5) is 0 Å². The Bertz CT molecular complexity index is 289. The Labute approximate surface area is 151 Å². The summed E-state index contributed by atoms with van der Waals surface area (Å²) in [7, 11) is 0. The SMILES string of the molecule is CCCCCCCCCCCCCCCC=C[NH+]1C=NCC1.[Cl-]. The molecule has 0 aromatic rings. The van der Waals surface area contributed by atoms with Crippen molar-refractivity contribution in [3.8, 4) is 0 Å². The van der Waals surface area contributed by atoms with Crippen LogP contribution in [0.15, 0.2) is 17.3 Å². The first-order valence-electron chi connectivity index (χ1n) is 9.95. The maximum atomic E-state index is 4.24. The molecule has 3 heteroatoms. The van der Waals surface area contributed by atoms with E-state index < -0.39 is 0 Å². The van der Waals surface area contributed by atoms with Crippen LogP contribution in [0.3, 0.4) is 0 Å². The molecule has 0 aromatic carbocycles. The second-order valence-electron chi connectivity index (χ2n) is 6.79. The third kappa shape index (κ3) is 15.0. The zero-order chi connectivity index (χ0) is 15.7. The summed E-state index contributed by atoms with van der Waals surface area (Å²) in [5.41, 5.74) is 0. The maximum Gasteiger partial charge on any atom is 0.188 e. The van der Waals surface area contributed by atoms with Gasteiger partial charge in [-0.15, -0.1) is 0 Å². The summed E-state index contributed by atoms with van der Waals surface area (Å²) in [6.45, 7) is 4.44. The van der Waals surface area contributed by atoms with E-state index in [1.807, 2.05) is 6.34 Å². The van der Waals surface area contributed by atoms with Crippen molar-refractivity contribution in [3.63, 3.8) is 0 Å². The van der Waals surface area contributed by atoms with Gasteiger partial charge in [0.05, 0.1) is 12.7 Å². The smallest absolute Gasteiger partial charge is 0.188 e. The quantitative estimate of drug-likeness (QED) is 0.438. The van der Waals surface area contributed by atoms with Gasteiger partial charge in [-0.2, -0.15) is 0 Å². The minimum atomic E-state index is 0. The summed E-state index contributed by atoms with van der Waals surface area (Å²) in [5, 5.41) is 0. The average molecular weight is 343 g/mol. The molecule has 0 fully saturated rings. The number of nitrogens with zero attached hydrogens (tertiary/aromatic N) is 1. The van der Waals surface area contributed by atoms with Gasteiger partial charge in [-0.25, -0.2) is 4.99 Å². The predicted molar refractivity (Wildman–Crippen MR) is 98.6 cm³/mol. The van der Waals surface area contributed by atoms with Crippen LogP contribution in [0.25, 0.3) is 0 Å². The van der Waals surface area contributed by atoms with E-state index in [1.165, 1.54) is 94.8 Å². The highest BCUT2D eigenvalue weighted by atomic mass is 35.5. The molecule has 0 bridgehead atoms. The molecule has 2 nitrogen and oxygen atoms in total. The van der Waals surface area contributed by atoms with E-state index in [2.05, 4.69) is 24.2 Å². The summed E-state index contributed by atoms with van der Waals surface area (Å²) in [4.78, 5) is 5.65. The molecule has 136 valence electrons. The number of hydrogen-bond donors (Lipinski definition) is 1. The molecule has 0 saturated heterocycles. The first kappa shape index (κ1) is 22.7. The second-order valence-corrected chi connectivity index (χ2v) is 6.79. The fourth-order valence-electron chi connectivity index (χ4n) is 3.08. The molecular weight excluding hydrogens is 304 g/mol. The Kier molecular flexibility index (Phi) is 17.7. The Morgan fingerprint density at radius 3 is 1.83 bits per heavy atom. The number of rotatable bonds is 15. The molecule has 0 aromatic heterocycles. The van der Waals surface area contributed by atoms with E-state index >= 15 is 0 Å². The number of hydrogen-bond acceptors (Lipinski definition) is 1. The van der Waals surface area contributed by atoms with Gasteiger partial charge in [-0.05, 0) is 18.9 Å². The van der Waals surface area contributed by atoms with Crippen molar-refractivity contribution >= 4 is 6.34 Å². The van der Waals surface area contributed by atoms with Crippen LogP contribution in [0.1, 0.15) is 96.8 Å². The molecular formula is C20H39ClN2. The fourth-order valence-corrected chi connectivity index (χ4v) is 3.08. The Morgan fingerprint density at radius 1 is 0.826 bits per heavy atom. The Balaban J connectivity index is 0.00000484. The van der Waals surface area contributed by atoms with Crippen molar-refractivity contribution in [2.75, 3.05) is 13.1 Å². The molecule has 1 rings (SSSR count). The average Bonchev–Trinajstić information content (AvgIpc) is 3.04. The molecule has 23 heavy (non-hydrogen) atoms. The number of nitrogens with one attached hydrogen (secondary N) is 1. The molecule has 0 amide bonds. The third-order valence-corrected chi connectivity index (χ3v) is 4.59. The molecule has 1 unspecified atom stereocenters. The molecule has 1 aliphatic rings. The topological polar surface area (TPSA) is 16.8 Å². The van der Waals surface area contributed by atoms with Crippen molar-refractivity contribution in [1.29, 1.82) is 0 Å². The summed E-state index contributed by atoms with van der Waals surface area (Å²) in [6, 6.07) is 0. The zero-order valence-corrected chi connectivity index (χ0v) is 16.1. The van der Waals surface area contributed by atoms with Crippen molar-refractivity contribution in [3.05, 3.63) is 12.3 Å². The lowest BCUT2D eigenvalue weighted by Gasteiger charge is -2.02. The molecule has 1 N–H and O–H groups in total. The van der Waals surface area contributed by atoms with Gasteiger partial charge < -0.3 is 12.4 Å². The first-order chi connectivity index (χ1) is 10.9. The van der Waals surface area contributed by atoms with E-state index in [9.17, 15) is 0 Å².